The minimum absolute atomic E-state index is 0.0537. The average molecular weight is 406 g/mol. The fraction of sp³-hybridized carbons (Fsp3) is 0.500. The number of ether oxygens (including phenoxy) is 1. The topological polar surface area (TPSA) is 46.6 Å². The molecule has 0 aromatic heterocycles. The molecule has 1 heterocycles. The van der Waals surface area contributed by atoms with Crippen LogP contribution >= 0.6 is 15.9 Å². The van der Waals surface area contributed by atoms with Crippen LogP contribution in [0.15, 0.2) is 34.8 Å². The first kappa shape index (κ1) is 18.2. The summed E-state index contributed by atoms with van der Waals surface area (Å²) in [5.41, 5.74) is 0.910. The summed E-state index contributed by atoms with van der Waals surface area (Å²) in [6, 6.07) is 7.97. The Bertz CT molecular complexity index is 639. The number of carbonyl (C=O) groups is 2. The number of amides is 1. The van der Waals surface area contributed by atoms with Crippen LogP contribution < -0.4 is 0 Å². The standard InChI is InChI=1S/C20H24BrNO3/c21-17-10-7-15(8-11-17)9-12-20(24)25-14-19(23)22-13-3-5-16-4-1-2-6-18(16)22/h7-12,16,18H,1-6,13-14H2/b12-9+/t16-,18-/m1/s1. The smallest absolute Gasteiger partial charge is 0.331 e. The van der Waals surface area contributed by atoms with E-state index in [-0.39, 0.29) is 12.5 Å². The van der Waals surface area contributed by atoms with Crippen LogP contribution in [-0.4, -0.2) is 36.0 Å². The summed E-state index contributed by atoms with van der Waals surface area (Å²) < 4.78 is 6.14. The Morgan fingerprint density at radius 2 is 1.84 bits per heavy atom. The number of carbonyl (C=O) groups excluding carboxylic acids is 2. The first-order chi connectivity index (χ1) is 12.1. The Morgan fingerprint density at radius 1 is 1.12 bits per heavy atom. The van der Waals surface area contributed by atoms with Gasteiger partial charge in [-0.2, -0.15) is 0 Å². The Kier molecular flexibility index (Phi) is 6.29. The van der Waals surface area contributed by atoms with Crippen molar-refractivity contribution in [2.75, 3.05) is 13.2 Å². The molecule has 2 atom stereocenters. The van der Waals surface area contributed by atoms with E-state index in [1.165, 1.54) is 31.8 Å². The summed E-state index contributed by atoms with van der Waals surface area (Å²) in [5.74, 6) is 0.106. The highest BCUT2D eigenvalue weighted by molar-refractivity contribution is 9.10. The number of rotatable bonds is 4. The number of fused-ring (bicyclic) bond motifs is 1. The molecule has 1 amide bonds. The van der Waals surface area contributed by atoms with Crippen LogP contribution in [0.1, 0.15) is 44.1 Å². The fourth-order valence-corrected chi connectivity index (χ4v) is 4.20. The van der Waals surface area contributed by atoms with Crippen molar-refractivity contribution in [3.63, 3.8) is 0 Å². The normalized spacial score (nSPS) is 23.3. The molecule has 3 rings (SSSR count). The van der Waals surface area contributed by atoms with Crippen LogP contribution in [-0.2, 0) is 14.3 Å². The maximum Gasteiger partial charge on any atom is 0.331 e. The maximum atomic E-state index is 12.5. The Balaban J connectivity index is 1.49. The number of likely N-dealkylation sites (tertiary alicyclic amines) is 1. The molecule has 1 aliphatic heterocycles. The van der Waals surface area contributed by atoms with Crippen LogP contribution in [0.4, 0.5) is 0 Å². The zero-order chi connectivity index (χ0) is 17.6. The molecule has 0 unspecified atom stereocenters. The number of hydrogen-bond donors (Lipinski definition) is 0. The number of hydrogen-bond acceptors (Lipinski definition) is 3. The third kappa shape index (κ3) is 4.94. The van der Waals surface area contributed by atoms with Gasteiger partial charge in [0.05, 0.1) is 0 Å². The molecule has 1 aliphatic carbocycles. The van der Waals surface area contributed by atoms with Gasteiger partial charge >= 0.3 is 5.97 Å². The fourth-order valence-electron chi connectivity index (χ4n) is 3.94. The van der Waals surface area contributed by atoms with Crippen LogP contribution in [0.2, 0.25) is 0 Å². The molecule has 0 spiro atoms. The van der Waals surface area contributed by atoms with Crippen molar-refractivity contribution < 1.29 is 14.3 Å². The molecular weight excluding hydrogens is 382 g/mol. The van der Waals surface area contributed by atoms with Crippen LogP contribution in [0.5, 0.6) is 0 Å². The summed E-state index contributed by atoms with van der Waals surface area (Å²) in [6.07, 6.45) is 10.1. The van der Waals surface area contributed by atoms with Crippen LogP contribution in [0.25, 0.3) is 6.08 Å². The third-order valence-corrected chi connectivity index (χ3v) is 5.71. The second-order valence-corrected chi connectivity index (χ2v) is 7.75. The van der Waals surface area contributed by atoms with E-state index in [0.717, 1.165) is 29.4 Å². The van der Waals surface area contributed by atoms with Gasteiger partial charge in [-0.15, -0.1) is 0 Å². The highest BCUT2D eigenvalue weighted by atomic mass is 79.9. The quantitative estimate of drug-likeness (QED) is 0.557. The minimum atomic E-state index is -0.478. The second-order valence-electron chi connectivity index (χ2n) is 6.83. The molecule has 0 bridgehead atoms. The van der Waals surface area contributed by atoms with Gasteiger partial charge in [-0.3, -0.25) is 4.79 Å². The third-order valence-electron chi connectivity index (χ3n) is 5.18. The van der Waals surface area contributed by atoms with Gasteiger partial charge in [-0.25, -0.2) is 4.79 Å². The van der Waals surface area contributed by atoms with Gasteiger partial charge in [0.2, 0.25) is 0 Å². The van der Waals surface area contributed by atoms with Crippen molar-refractivity contribution in [3.05, 3.63) is 40.4 Å². The number of esters is 1. The van der Waals surface area contributed by atoms with Gasteiger partial charge in [0.25, 0.3) is 5.91 Å². The molecule has 1 saturated heterocycles. The zero-order valence-corrected chi connectivity index (χ0v) is 15.9. The van der Waals surface area contributed by atoms with Gasteiger partial charge in [0.1, 0.15) is 0 Å². The van der Waals surface area contributed by atoms with Crippen LogP contribution in [0, 0.1) is 5.92 Å². The first-order valence-electron chi connectivity index (χ1n) is 9.03. The Hall–Kier alpha value is -1.62. The Morgan fingerprint density at radius 3 is 2.64 bits per heavy atom. The largest absolute Gasteiger partial charge is 0.452 e. The van der Waals surface area contributed by atoms with E-state index in [9.17, 15) is 9.59 Å². The summed E-state index contributed by atoms with van der Waals surface area (Å²) in [5, 5.41) is 0. The monoisotopic (exact) mass is 405 g/mol. The van der Waals surface area contributed by atoms with Gasteiger partial charge in [-0.05, 0) is 55.4 Å². The van der Waals surface area contributed by atoms with Gasteiger partial charge in [0, 0.05) is 23.1 Å². The van der Waals surface area contributed by atoms with E-state index in [2.05, 4.69) is 15.9 Å². The summed E-state index contributed by atoms with van der Waals surface area (Å²) in [4.78, 5) is 26.3. The van der Waals surface area contributed by atoms with Crippen molar-refractivity contribution in [2.24, 2.45) is 5.92 Å². The van der Waals surface area contributed by atoms with E-state index in [4.69, 9.17) is 4.74 Å². The maximum absolute atomic E-state index is 12.5. The molecule has 25 heavy (non-hydrogen) atoms. The predicted octanol–water partition coefficient (Wildman–Crippen LogP) is 4.19. The first-order valence-corrected chi connectivity index (χ1v) is 9.82. The lowest BCUT2D eigenvalue weighted by molar-refractivity contribution is -0.151. The summed E-state index contributed by atoms with van der Waals surface area (Å²) in [7, 11) is 0. The van der Waals surface area contributed by atoms with Crippen molar-refractivity contribution in [3.8, 4) is 0 Å². The molecule has 1 saturated carbocycles. The van der Waals surface area contributed by atoms with Crippen molar-refractivity contribution in [2.45, 2.75) is 44.6 Å². The highest BCUT2D eigenvalue weighted by Gasteiger charge is 2.35. The molecule has 134 valence electrons. The van der Waals surface area contributed by atoms with Crippen molar-refractivity contribution >= 4 is 33.9 Å². The number of nitrogens with zero attached hydrogens (tertiary/aromatic N) is 1. The second kappa shape index (κ2) is 8.65. The van der Waals surface area contributed by atoms with Crippen LogP contribution in [0.3, 0.4) is 0 Å². The van der Waals surface area contributed by atoms with E-state index in [1.54, 1.807) is 6.08 Å². The predicted molar refractivity (Wildman–Crippen MR) is 101 cm³/mol. The molecule has 0 N–H and O–H groups in total. The average Bonchev–Trinajstić information content (AvgIpc) is 2.65. The molecule has 5 heteroatoms. The van der Waals surface area contributed by atoms with E-state index in [0.29, 0.717) is 12.0 Å². The molecule has 2 aliphatic rings. The molecule has 1 aromatic rings. The van der Waals surface area contributed by atoms with Gasteiger partial charge in [-0.1, -0.05) is 40.9 Å². The summed E-state index contributed by atoms with van der Waals surface area (Å²) >= 11 is 3.37. The summed E-state index contributed by atoms with van der Waals surface area (Å²) in [6.45, 7) is 0.638. The number of benzene rings is 1. The lowest BCUT2D eigenvalue weighted by Crippen LogP contribution is -2.50. The lowest BCUT2D eigenvalue weighted by atomic mass is 9.78. The van der Waals surface area contributed by atoms with Gasteiger partial charge < -0.3 is 9.64 Å². The molecular formula is C20H24BrNO3. The zero-order valence-electron chi connectivity index (χ0n) is 14.3. The molecule has 0 radical (unpaired) electrons. The highest BCUT2D eigenvalue weighted by Crippen LogP contribution is 2.35. The lowest BCUT2D eigenvalue weighted by Gasteiger charge is -2.44. The minimum Gasteiger partial charge on any atom is -0.452 e. The number of piperidine rings is 1. The Labute approximate surface area is 157 Å². The molecule has 2 fully saturated rings. The molecule has 4 nitrogen and oxygen atoms in total. The molecule has 1 aromatic carbocycles. The van der Waals surface area contributed by atoms with E-state index in [1.807, 2.05) is 29.2 Å². The van der Waals surface area contributed by atoms with Crippen molar-refractivity contribution in [1.29, 1.82) is 0 Å². The van der Waals surface area contributed by atoms with E-state index < -0.39 is 5.97 Å². The van der Waals surface area contributed by atoms with Gasteiger partial charge in [0.15, 0.2) is 6.61 Å². The van der Waals surface area contributed by atoms with E-state index >= 15 is 0 Å². The number of halogens is 1. The van der Waals surface area contributed by atoms with Crippen molar-refractivity contribution in [1.82, 2.24) is 4.90 Å². The SMILES string of the molecule is O=C(/C=C/c1ccc(Br)cc1)OCC(=O)N1CCC[C@H]2CCCC[C@H]21.